The monoisotopic (exact) mass is 358 g/mol. The molecule has 0 aromatic heterocycles. The van der Waals surface area contributed by atoms with E-state index in [0.717, 1.165) is 30.2 Å². The van der Waals surface area contributed by atoms with Crippen LogP contribution in [-0.2, 0) is 4.52 Å². The summed E-state index contributed by atoms with van der Waals surface area (Å²) in [5.41, 5.74) is 1.86. The molecule has 2 aromatic rings. The Balaban J connectivity index is 1.94. The van der Waals surface area contributed by atoms with Gasteiger partial charge >= 0.3 is 148 Å². The summed E-state index contributed by atoms with van der Waals surface area (Å²) in [4.78, 5) is 0. The van der Waals surface area contributed by atoms with Crippen molar-refractivity contribution in [2.75, 3.05) is 23.0 Å². The third-order valence-electron chi connectivity index (χ3n) is 4.54. The van der Waals surface area contributed by atoms with Crippen LogP contribution in [0.4, 0.5) is 11.4 Å². The number of anilines is 2. The van der Waals surface area contributed by atoms with Crippen LogP contribution < -0.4 is 14.4 Å². The number of benzene rings is 2. The average molecular weight is 358 g/mol. The van der Waals surface area contributed by atoms with Crippen molar-refractivity contribution in [1.29, 1.82) is 0 Å². The van der Waals surface area contributed by atoms with Crippen molar-refractivity contribution in [1.82, 2.24) is 4.67 Å². The van der Waals surface area contributed by atoms with Crippen molar-refractivity contribution in [3.63, 3.8) is 0 Å². The molecule has 132 valence electrons. The van der Waals surface area contributed by atoms with Crippen LogP contribution in [0.3, 0.4) is 0 Å². The maximum atomic E-state index is 6.66. The van der Waals surface area contributed by atoms with Crippen LogP contribution in [0.25, 0.3) is 0 Å². The van der Waals surface area contributed by atoms with E-state index in [1.165, 1.54) is 0 Å². The number of hydrazone groups is 1. The molecule has 0 saturated carbocycles. The first-order valence-corrected chi connectivity index (χ1v) is 10.6. The first-order chi connectivity index (χ1) is 12.1. The molecule has 1 spiro atoms. The molecular formula is C18H23N4O2P. The molecule has 6 nitrogen and oxygen atoms in total. The normalized spacial score (nSPS) is 20.9. The summed E-state index contributed by atoms with van der Waals surface area (Å²) in [6.45, 7) is 7.62. The fourth-order valence-corrected chi connectivity index (χ4v) is 7.97. The summed E-state index contributed by atoms with van der Waals surface area (Å²) in [6.07, 6.45) is 0. The second-order valence-electron chi connectivity index (χ2n) is 6.05. The van der Waals surface area contributed by atoms with Crippen LogP contribution in [0.15, 0.2) is 59.7 Å². The number of hydrogen-bond acceptors (Lipinski definition) is 6. The van der Waals surface area contributed by atoms with E-state index in [1.54, 1.807) is 0 Å². The Bertz CT molecular complexity index is 798. The molecule has 0 atom stereocenters. The molecule has 2 aromatic carbocycles. The number of fused-ring (bicyclic) bond motifs is 1. The van der Waals surface area contributed by atoms with Crippen molar-refractivity contribution in [2.24, 2.45) is 5.10 Å². The predicted molar refractivity (Wildman–Crippen MR) is 104 cm³/mol. The Morgan fingerprint density at radius 1 is 1.00 bits per heavy atom. The Kier molecular flexibility index (Phi) is 3.63. The SMILES string of the molecule is CCN(CC)P12(Nc3ccccc3O1)OC(C)=NN2c1ccccc1. The van der Waals surface area contributed by atoms with Crippen molar-refractivity contribution >= 4 is 24.8 Å². The van der Waals surface area contributed by atoms with E-state index in [1.807, 2.05) is 66.3 Å². The molecule has 25 heavy (non-hydrogen) atoms. The molecule has 0 amide bonds. The van der Waals surface area contributed by atoms with Crippen LogP contribution in [0.2, 0.25) is 0 Å². The van der Waals surface area contributed by atoms with Gasteiger partial charge in [-0.25, -0.2) is 0 Å². The average Bonchev–Trinajstić information content (AvgIpc) is 3.12. The first kappa shape index (κ1) is 16.2. The molecule has 0 aliphatic carbocycles. The second kappa shape index (κ2) is 5.61. The van der Waals surface area contributed by atoms with Crippen LogP contribution in [0, 0.1) is 0 Å². The molecule has 0 bridgehead atoms. The van der Waals surface area contributed by atoms with Gasteiger partial charge in [0, 0.05) is 0 Å². The minimum absolute atomic E-state index is 0.591. The minimum atomic E-state index is -3.68. The predicted octanol–water partition coefficient (Wildman–Crippen LogP) is 4.83. The van der Waals surface area contributed by atoms with Gasteiger partial charge in [0.15, 0.2) is 0 Å². The summed E-state index contributed by atoms with van der Waals surface area (Å²) in [7, 11) is -3.68. The third kappa shape index (κ3) is 2.14. The summed E-state index contributed by atoms with van der Waals surface area (Å²) < 4.78 is 17.3. The van der Waals surface area contributed by atoms with Gasteiger partial charge in [-0.05, 0) is 0 Å². The maximum absolute atomic E-state index is 6.66. The number of nitrogens with zero attached hydrogens (tertiary/aromatic N) is 3. The van der Waals surface area contributed by atoms with Gasteiger partial charge in [0.05, 0.1) is 0 Å². The molecule has 7 heteroatoms. The van der Waals surface area contributed by atoms with E-state index in [-0.39, 0.29) is 0 Å². The number of rotatable bonds is 4. The van der Waals surface area contributed by atoms with Crippen molar-refractivity contribution in [2.45, 2.75) is 20.8 Å². The van der Waals surface area contributed by atoms with Gasteiger partial charge in [-0.3, -0.25) is 0 Å². The van der Waals surface area contributed by atoms with Crippen molar-refractivity contribution in [3.8, 4) is 5.75 Å². The van der Waals surface area contributed by atoms with Crippen LogP contribution in [0.5, 0.6) is 5.75 Å². The van der Waals surface area contributed by atoms with Gasteiger partial charge in [-0.2, -0.15) is 0 Å². The number of nitrogens with one attached hydrogen (secondary N) is 1. The Morgan fingerprint density at radius 3 is 2.36 bits per heavy atom. The van der Waals surface area contributed by atoms with E-state index < -0.39 is 7.51 Å². The second-order valence-corrected chi connectivity index (χ2v) is 9.33. The quantitative estimate of drug-likeness (QED) is 0.793. The van der Waals surface area contributed by atoms with Crippen molar-refractivity contribution in [3.05, 3.63) is 54.6 Å². The first-order valence-electron chi connectivity index (χ1n) is 8.58. The molecular weight excluding hydrogens is 335 g/mol. The van der Waals surface area contributed by atoms with Gasteiger partial charge in [0.1, 0.15) is 0 Å². The van der Waals surface area contributed by atoms with Crippen molar-refractivity contribution < 1.29 is 9.05 Å². The molecule has 0 fully saturated rings. The fourth-order valence-electron chi connectivity index (χ4n) is 3.53. The molecule has 4 rings (SSSR count). The summed E-state index contributed by atoms with van der Waals surface area (Å²) >= 11 is 0. The van der Waals surface area contributed by atoms with E-state index in [4.69, 9.17) is 14.1 Å². The zero-order valence-electron chi connectivity index (χ0n) is 14.7. The third-order valence-corrected chi connectivity index (χ3v) is 8.84. The van der Waals surface area contributed by atoms with E-state index in [0.29, 0.717) is 5.90 Å². The molecule has 2 heterocycles. The van der Waals surface area contributed by atoms with Gasteiger partial charge in [-0.15, -0.1) is 0 Å². The zero-order chi connectivity index (χ0) is 17.5. The summed E-state index contributed by atoms with van der Waals surface area (Å²) in [5.74, 6) is 1.38. The number of para-hydroxylation sites is 3. The molecule has 0 radical (unpaired) electrons. The van der Waals surface area contributed by atoms with Crippen LogP contribution >= 0.6 is 7.51 Å². The zero-order valence-corrected chi connectivity index (χ0v) is 15.6. The van der Waals surface area contributed by atoms with Gasteiger partial charge in [0.25, 0.3) is 0 Å². The van der Waals surface area contributed by atoms with E-state index >= 15 is 0 Å². The Hall–Kier alpha value is -2.30. The summed E-state index contributed by atoms with van der Waals surface area (Å²) in [6, 6.07) is 18.0. The number of hydrogen-bond donors (Lipinski definition) is 1. The molecule has 2 aliphatic rings. The molecule has 1 N–H and O–H groups in total. The molecule has 2 aliphatic heterocycles. The van der Waals surface area contributed by atoms with Gasteiger partial charge in [0.2, 0.25) is 0 Å². The Labute approximate surface area is 148 Å². The van der Waals surface area contributed by atoms with E-state index in [2.05, 4.69) is 23.6 Å². The van der Waals surface area contributed by atoms with Gasteiger partial charge in [-0.1, -0.05) is 0 Å². The fraction of sp³-hybridized carbons (Fsp3) is 0.278. The standard InChI is InChI=1S/C18H23N4O2P/c1-4-21(5-2)25(20-17-13-9-10-14-18(17)24-25)22(19-15(3)23-25)16-11-7-6-8-12-16/h6-14,20H,4-5H2,1-3H3. The van der Waals surface area contributed by atoms with Crippen LogP contribution in [-0.4, -0.2) is 23.7 Å². The van der Waals surface area contributed by atoms with E-state index in [9.17, 15) is 0 Å². The molecule has 0 unspecified atom stereocenters. The molecule has 0 saturated heterocycles. The van der Waals surface area contributed by atoms with Gasteiger partial charge < -0.3 is 0 Å². The topological polar surface area (TPSA) is 49.3 Å². The summed E-state index contributed by atoms with van der Waals surface area (Å²) in [5, 5.41) is 8.35. The Morgan fingerprint density at radius 2 is 1.68 bits per heavy atom. The van der Waals surface area contributed by atoms with Crippen LogP contribution in [0.1, 0.15) is 20.8 Å².